The van der Waals surface area contributed by atoms with Gasteiger partial charge in [0.2, 0.25) is 0 Å². The van der Waals surface area contributed by atoms with Crippen LogP contribution in [0, 0.1) is 0 Å². The first-order chi connectivity index (χ1) is 48.2. The van der Waals surface area contributed by atoms with E-state index in [-0.39, 0.29) is 145 Å². The molecule has 18 nitrogen and oxygen atoms in total. The van der Waals surface area contributed by atoms with Gasteiger partial charge >= 0.3 is 0 Å². The van der Waals surface area contributed by atoms with Gasteiger partial charge < -0.3 is 40.2 Å². The van der Waals surface area contributed by atoms with E-state index in [2.05, 4.69) is 127 Å². The van der Waals surface area contributed by atoms with Crippen LogP contribution in [0.3, 0.4) is 0 Å². The average molecular weight is 1510 g/mol. The van der Waals surface area contributed by atoms with E-state index >= 15 is 19.2 Å². The molecule has 9 rings (SSSR count). The maximum atomic E-state index is 16.0. The number of hydrogen-bond acceptors (Lipinski definition) is 10. The number of halogens is 6. The van der Waals surface area contributed by atoms with Crippen LogP contribution in [-0.4, -0.2) is 70.1 Å². The molecule has 0 aliphatic carbocycles. The summed E-state index contributed by atoms with van der Waals surface area (Å²) in [5.74, 6) is -3.36. The highest BCUT2D eigenvalue weighted by molar-refractivity contribution is 6.41. The number of nitrogens with zero attached hydrogens (tertiary/aromatic N) is 2. The van der Waals surface area contributed by atoms with Gasteiger partial charge in [-0.2, -0.15) is 0 Å². The maximum Gasteiger partial charge on any atom is 0.277 e. The van der Waals surface area contributed by atoms with E-state index in [1.807, 2.05) is 24.3 Å². The second-order valence-electron chi connectivity index (χ2n) is 27.4. The van der Waals surface area contributed by atoms with Crippen LogP contribution in [0.4, 0.5) is 23.0 Å². The zero-order chi connectivity index (χ0) is 74.5. The lowest BCUT2D eigenvalue weighted by molar-refractivity contribution is -0.118. The van der Waals surface area contributed by atoms with Crippen LogP contribution in [0.5, 0.6) is 23.0 Å². The summed E-state index contributed by atoms with van der Waals surface area (Å²) in [4.78, 5) is 89.8. The fourth-order valence-electron chi connectivity index (χ4n) is 11.6. The highest BCUT2D eigenvalue weighted by Crippen LogP contribution is 2.44. The first-order valence-electron chi connectivity index (χ1n) is 33.5. The van der Waals surface area contributed by atoms with E-state index in [1.54, 1.807) is 43.3 Å². The van der Waals surface area contributed by atoms with Gasteiger partial charge in [-0.15, -0.1) is 0 Å². The molecule has 4 amide bonds. The molecule has 7 aromatic carbocycles. The number of hydrogen-bond donors (Lipinski definition) is 6. The minimum atomic E-state index is -1.66. The normalized spacial score (nSPS) is 11.9. The Hall–Kier alpha value is -8.62. The Morgan fingerprint density at radius 2 is 0.833 bits per heavy atom. The number of methoxy groups -OCH3 is 1. The highest BCUT2D eigenvalue weighted by atomic mass is 35.5. The van der Waals surface area contributed by atoms with Gasteiger partial charge in [-0.05, 0) is 156 Å². The molecule has 6 N–H and O–H groups in total. The van der Waals surface area contributed by atoms with Gasteiger partial charge in [-0.25, -0.2) is 9.36 Å². The Morgan fingerprint density at radius 1 is 0.451 bits per heavy atom. The predicted octanol–water partition coefficient (Wildman–Crippen LogP) is 19.4. The van der Waals surface area contributed by atoms with E-state index < -0.39 is 40.7 Å². The molecule has 0 saturated heterocycles. The van der Waals surface area contributed by atoms with Crippen molar-refractivity contribution >= 4 is 116 Å². The molecule has 0 atom stereocenters. The van der Waals surface area contributed by atoms with Crippen molar-refractivity contribution < 1.29 is 38.1 Å². The molecule has 24 heteroatoms. The van der Waals surface area contributed by atoms with Crippen molar-refractivity contribution in [3.05, 3.63) is 228 Å². The summed E-state index contributed by atoms with van der Waals surface area (Å²) >= 11 is 40.5. The molecule has 9 aromatic rings. The predicted molar refractivity (Wildman–Crippen MR) is 411 cm³/mol. The Morgan fingerprint density at radius 3 is 1.20 bits per heavy atom. The summed E-state index contributed by atoms with van der Waals surface area (Å²) in [6.45, 7) is 27.0. The summed E-state index contributed by atoms with van der Waals surface area (Å²) in [6.07, 6.45) is 3.46. The van der Waals surface area contributed by atoms with E-state index in [4.69, 9.17) is 88.6 Å². The Balaban J connectivity index is 1.14. The molecule has 0 saturated carbocycles. The van der Waals surface area contributed by atoms with Gasteiger partial charge in [0, 0.05) is 43.7 Å². The van der Waals surface area contributed by atoms with Crippen molar-refractivity contribution in [2.75, 3.05) is 48.2 Å². The molecule has 0 fully saturated rings. The fraction of sp³-hybridized carbons (Fsp3) is 0.333. The second-order valence-corrected chi connectivity index (χ2v) is 29.9. The standard InChI is InChI=1S/C78H84Cl6N8O10/c1-15-75(6,7)46-27-30-58(52(35-46)77(10,11)17-3)101-41-62(93)85-50-24-20-22-44(32-50)71(95)87-69-65(73(97)91(89-69)67-54(81)37-48(79)38-55(67)82)64(43-26-29-60(100-19-5)61(34-43)99-14)66-70(90-92(74(66)98)68-56(83)39-49(80)40-57(68)84)88-72(96)45-23-21-25-51(33-45)86-63(94)42-102-59-31-28-47(76(8,9)16-2)36-53(59)78(12,13)18-4/h20-40,64,89-90H,15-19,41-42H2,1-14H3,(H,85,93)(H,86,94)(H,87,95)(H,88,96). The van der Waals surface area contributed by atoms with Gasteiger partial charge in [0.1, 0.15) is 34.5 Å². The SMILES string of the molecule is CCOc1ccc(C(c2c(NC(=O)c3cccc(NC(=O)COc4ccc(C(C)(C)CC)cc4C(C)(C)CC)c3)[nH]n(-c3c(Cl)cc(Cl)cc3Cl)c2=O)c2c(NC(=O)c3cccc(NC(=O)COc4ccc(C(C)(C)CC)cc4C(C)(C)CC)c3)[nH]n(-c3c(Cl)cc(Cl)cc3Cl)c2=O)cc1OC. The monoisotopic (exact) mass is 1500 g/mol. The molecule has 0 bridgehead atoms. The third-order valence-electron chi connectivity index (χ3n) is 19.2. The molecule has 2 aromatic heterocycles. The van der Waals surface area contributed by atoms with Crippen LogP contribution in [0.1, 0.15) is 181 Å². The summed E-state index contributed by atoms with van der Waals surface area (Å²) in [5.41, 5.74) is 1.37. The first-order valence-corrected chi connectivity index (χ1v) is 35.7. The molecule has 0 spiro atoms. The summed E-state index contributed by atoms with van der Waals surface area (Å²) in [5, 5.41) is 17.3. The molecule has 0 aliphatic heterocycles. The molecular weight excluding hydrogens is 1420 g/mol. The zero-order valence-electron chi connectivity index (χ0n) is 59.4. The molecule has 0 aliphatic rings. The number of H-pyrrole nitrogens is 2. The third kappa shape index (κ3) is 17.0. The Bertz CT molecular complexity index is 4480. The summed E-state index contributed by atoms with van der Waals surface area (Å²) in [7, 11) is 1.40. The number of ether oxygens (including phenoxy) is 4. The second kappa shape index (κ2) is 32.0. The van der Waals surface area contributed by atoms with Gasteiger partial charge in [0.25, 0.3) is 34.7 Å². The zero-order valence-corrected chi connectivity index (χ0v) is 63.9. The van der Waals surface area contributed by atoms with Crippen molar-refractivity contribution in [3.8, 4) is 34.4 Å². The number of nitrogens with one attached hydrogen (secondary N) is 6. The van der Waals surface area contributed by atoms with Crippen LogP contribution in [0.15, 0.2) is 137 Å². The fourth-order valence-corrected chi connectivity index (χ4v) is 13.6. The number of carbonyl (C=O) groups is 4. The molecule has 102 heavy (non-hydrogen) atoms. The molecule has 538 valence electrons. The number of carbonyl (C=O) groups excluding carboxylic acids is 4. The summed E-state index contributed by atoms with van der Waals surface area (Å²) < 4.78 is 26.3. The first kappa shape index (κ1) is 77.5. The third-order valence-corrected chi connectivity index (χ3v) is 20.8. The molecular formula is C78H84Cl6N8O10. The minimum Gasteiger partial charge on any atom is -0.493 e. The van der Waals surface area contributed by atoms with E-state index in [9.17, 15) is 9.59 Å². The molecule has 0 unspecified atom stereocenters. The van der Waals surface area contributed by atoms with Crippen molar-refractivity contribution in [1.29, 1.82) is 0 Å². The lowest BCUT2D eigenvalue weighted by Gasteiger charge is -2.30. The highest BCUT2D eigenvalue weighted by Gasteiger charge is 2.37. The van der Waals surface area contributed by atoms with Gasteiger partial charge in [-0.3, -0.25) is 39.0 Å². The summed E-state index contributed by atoms with van der Waals surface area (Å²) in [6, 6.07) is 34.4. The number of rotatable bonds is 28. The maximum absolute atomic E-state index is 16.0. The van der Waals surface area contributed by atoms with E-state index in [0.29, 0.717) is 11.5 Å². The smallest absolute Gasteiger partial charge is 0.277 e. The van der Waals surface area contributed by atoms with Crippen molar-refractivity contribution in [1.82, 2.24) is 19.6 Å². The Labute approximate surface area is 623 Å². The van der Waals surface area contributed by atoms with Crippen LogP contribution in [0.2, 0.25) is 30.1 Å². The number of anilines is 4. The number of amides is 4. The number of benzene rings is 7. The topological polar surface area (TPSA) is 229 Å². The average Bonchev–Trinajstić information content (AvgIpc) is 1.57. The van der Waals surface area contributed by atoms with Crippen LogP contribution in [0.25, 0.3) is 11.4 Å². The number of aromatic nitrogens is 4. The lowest BCUT2D eigenvalue weighted by Crippen LogP contribution is -2.27. The lowest BCUT2D eigenvalue weighted by atomic mass is 9.76. The van der Waals surface area contributed by atoms with Crippen molar-refractivity contribution in [2.45, 2.75) is 143 Å². The van der Waals surface area contributed by atoms with E-state index in [0.717, 1.165) is 57.3 Å². The van der Waals surface area contributed by atoms with Crippen molar-refractivity contribution in [2.24, 2.45) is 0 Å². The minimum absolute atomic E-state index is 0.00223. The van der Waals surface area contributed by atoms with Crippen LogP contribution >= 0.6 is 69.6 Å². The van der Waals surface area contributed by atoms with Gasteiger partial charge in [-0.1, -0.05) is 195 Å². The van der Waals surface area contributed by atoms with Crippen LogP contribution in [-0.2, 0) is 31.2 Å². The van der Waals surface area contributed by atoms with Gasteiger partial charge in [0.05, 0.1) is 50.9 Å². The number of aromatic amines is 2. The quantitative estimate of drug-likeness (QED) is 0.0272. The van der Waals surface area contributed by atoms with Crippen LogP contribution < -0.4 is 51.3 Å². The van der Waals surface area contributed by atoms with Crippen molar-refractivity contribution in [3.63, 3.8) is 0 Å². The Kier molecular flexibility index (Phi) is 24.3. The molecule has 2 heterocycles. The van der Waals surface area contributed by atoms with E-state index in [1.165, 1.54) is 61.7 Å². The largest absolute Gasteiger partial charge is 0.493 e. The van der Waals surface area contributed by atoms with Gasteiger partial charge in [0.15, 0.2) is 24.7 Å². The molecule has 0 radical (unpaired) electrons.